The molecule has 1 aromatic carbocycles. The topological polar surface area (TPSA) is 112 Å². The number of nitrogen functional groups attached to an aromatic ring is 1. The summed E-state index contributed by atoms with van der Waals surface area (Å²) in [4.78, 5) is 0. The number of hydrogen-bond acceptors (Lipinski definition) is 6. The van der Waals surface area contributed by atoms with Gasteiger partial charge in [-0.1, -0.05) is 18.2 Å². The fraction of sp³-hybridized carbons (Fsp3) is 0.100. The van der Waals surface area contributed by atoms with Gasteiger partial charge in [0.1, 0.15) is 0 Å². The Bertz CT molecular complexity index is 551. The van der Waals surface area contributed by atoms with E-state index in [1.807, 2.05) is 19.1 Å². The van der Waals surface area contributed by atoms with Crippen molar-refractivity contribution in [3.63, 3.8) is 0 Å². The number of para-hydroxylation sites is 1. The summed E-state index contributed by atoms with van der Waals surface area (Å²) < 4.78 is 4.38. The fourth-order valence-corrected chi connectivity index (χ4v) is 1.38. The highest BCUT2D eigenvalue weighted by atomic mass is 16.6. The van der Waals surface area contributed by atoms with Crippen molar-refractivity contribution in [3.05, 3.63) is 35.5 Å². The quantitative estimate of drug-likeness (QED) is 0.408. The minimum Gasteiger partial charge on any atom is -0.379 e. The summed E-state index contributed by atoms with van der Waals surface area (Å²) in [6.45, 7) is 1.82. The van der Waals surface area contributed by atoms with Gasteiger partial charge in [-0.3, -0.25) is 10.6 Å². The SMILES string of the molecule is Cc1ccccc1N(O)C(=N)c1nonc1N. The zero-order valence-electron chi connectivity index (χ0n) is 9.08. The average molecular weight is 233 g/mol. The van der Waals surface area contributed by atoms with E-state index in [0.717, 1.165) is 5.56 Å². The normalized spacial score (nSPS) is 10.2. The van der Waals surface area contributed by atoms with Crippen molar-refractivity contribution < 1.29 is 9.84 Å². The molecular formula is C10H11N5O2. The molecule has 0 atom stereocenters. The second-order valence-electron chi connectivity index (χ2n) is 3.44. The summed E-state index contributed by atoms with van der Waals surface area (Å²) in [6, 6.07) is 7.08. The first-order chi connectivity index (χ1) is 8.11. The lowest BCUT2D eigenvalue weighted by atomic mass is 10.2. The summed E-state index contributed by atoms with van der Waals surface area (Å²) >= 11 is 0. The van der Waals surface area contributed by atoms with Gasteiger partial charge in [-0.25, -0.2) is 9.69 Å². The molecule has 0 bridgehead atoms. The number of hydroxylamine groups is 1. The number of rotatable bonds is 2. The molecule has 2 aromatic rings. The molecule has 0 amide bonds. The van der Waals surface area contributed by atoms with Crippen LogP contribution in [0.15, 0.2) is 28.9 Å². The van der Waals surface area contributed by atoms with Gasteiger partial charge in [0.25, 0.3) is 0 Å². The maximum absolute atomic E-state index is 9.91. The molecular weight excluding hydrogens is 222 g/mol. The molecule has 88 valence electrons. The van der Waals surface area contributed by atoms with E-state index >= 15 is 0 Å². The minimum atomic E-state index is -0.293. The van der Waals surface area contributed by atoms with E-state index < -0.39 is 0 Å². The number of aromatic nitrogens is 2. The van der Waals surface area contributed by atoms with Crippen LogP contribution in [0, 0.1) is 12.3 Å². The van der Waals surface area contributed by atoms with E-state index in [4.69, 9.17) is 11.1 Å². The van der Waals surface area contributed by atoms with E-state index in [9.17, 15) is 5.21 Å². The van der Waals surface area contributed by atoms with Crippen LogP contribution in [0.25, 0.3) is 0 Å². The van der Waals surface area contributed by atoms with Crippen molar-refractivity contribution >= 4 is 17.3 Å². The first kappa shape index (κ1) is 11.1. The molecule has 17 heavy (non-hydrogen) atoms. The first-order valence-corrected chi connectivity index (χ1v) is 4.83. The second kappa shape index (κ2) is 4.22. The highest BCUT2D eigenvalue weighted by Crippen LogP contribution is 2.20. The molecule has 0 saturated heterocycles. The van der Waals surface area contributed by atoms with Crippen molar-refractivity contribution in [1.82, 2.24) is 10.3 Å². The van der Waals surface area contributed by atoms with Crippen LogP contribution in [0.2, 0.25) is 0 Å². The fourth-order valence-electron chi connectivity index (χ4n) is 1.38. The molecule has 0 aliphatic heterocycles. The Morgan fingerprint density at radius 2 is 2.12 bits per heavy atom. The van der Waals surface area contributed by atoms with Crippen molar-refractivity contribution in [2.24, 2.45) is 0 Å². The molecule has 1 heterocycles. The number of amidine groups is 1. The van der Waals surface area contributed by atoms with Crippen molar-refractivity contribution in [3.8, 4) is 0 Å². The van der Waals surface area contributed by atoms with E-state index in [2.05, 4.69) is 14.9 Å². The van der Waals surface area contributed by atoms with Gasteiger partial charge in [0.05, 0.1) is 5.69 Å². The Labute approximate surface area is 96.9 Å². The van der Waals surface area contributed by atoms with Gasteiger partial charge >= 0.3 is 0 Å². The predicted molar refractivity (Wildman–Crippen MR) is 61.0 cm³/mol. The number of anilines is 2. The van der Waals surface area contributed by atoms with Crippen LogP contribution in [0.3, 0.4) is 0 Å². The van der Waals surface area contributed by atoms with Crippen LogP contribution in [0.5, 0.6) is 0 Å². The lowest BCUT2D eigenvalue weighted by Gasteiger charge is -2.17. The Morgan fingerprint density at radius 3 is 2.71 bits per heavy atom. The summed E-state index contributed by atoms with van der Waals surface area (Å²) in [5, 5.41) is 25.2. The third-order valence-corrected chi connectivity index (χ3v) is 2.29. The monoisotopic (exact) mass is 233 g/mol. The molecule has 7 nitrogen and oxygen atoms in total. The number of aryl methyl sites for hydroxylation is 1. The number of nitrogens with two attached hydrogens (primary N) is 1. The van der Waals surface area contributed by atoms with Gasteiger partial charge in [-0.05, 0) is 28.9 Å². The number of benzene rings is 1. The third kappa shape index (κ3) is 1.95. The zero-order valence-corrected chi connectivity index (χ0v) is 9.08. The third-order valence-electron chi connectivity index (χ3n) is 2.29. The molecule has 0 saturated carbocycles. The smallest absolute Gasteiger partial charge is 0.199 e. The second-order valence-corrected chi connectivity index (χ2v) is 3.44. The molecule has 0 spiro atoms. The first-order valence-electron chi connectivity index (χ1n) is 4.83. The van der Waals surface area contributed by atoms with Gasteiger partial charge in [-0.15, -0.1) is 0 Å². The van der Waals surface area contributed by atoms with Crippen LogP contribution in [-0.4, -0.2) is 21.4 Å². The van der Waals surface area contributed by atoms with Crippen LogP contribution in [0.4, 0.5) is 11.5 Å². The lowest BCUT2D eigenvalue weighted by molar-refractivity contribution is 0.300. The maximum Gasteiger partial charge on any atom is 0.199 e. The summed E-state index contributed by atoms with van der Waals surface area (Å²) in [6.07, 6.45) is 0. The lowest BCUT2D eigenvalue weighted by Crippen LogP contribution is -2.28. The molecule has 7 heteroatoms. The highest BCUT2D eigenvalue weighted by molar-refractivity contribution is 6.07. The van der Waals surface area contributed by atoms with Crippen LogP contribution >= 0.6 is 0 Å². The average Bonchev–Trinajstić information content (AvgIpc) is 2.74. The highest BCUT2D eigenvalue weighted by Gasteiger charge is 2.20. The molecule has 0 unspecified atom stereocenters. The van der Waals surface area contributed by atoms with Crippen LogP contribution < -0.4 is 10.8 Å². The number of nitrogens with one attached hydrogen (secondary N) is 1. The Morgan fingerprint density at radius 1 is 1.41 bits per heavy atom. The Kier molecular flexibility index (Phi) is 2.75. The van der Waals surface area contributed by atoms with Gasteiger partial charge in [0.2, 0.25) is 0 Å². The molecule has 2 rings (SSSR count). The number of nitrogens with zero attached hydrogens (tertiary/aromatic N) is 3. The maximum atomic E-state index is 9.91. The summed E-state index contributed by atoms with van der Waals surface area (Å²) in [5.74, 6) is -0.333. The van der Waals surface area contributed by atoms with E-state index in [1.165, 1.54) is 0 Å². The summed E-state index contributed by atoms with van der Waals surface area (Å²) in [5.41, 5.74) is 6.73. The zero-order chi connectivity index (χ0) is 12.4. The molecule has 0 fully saturated rings. The van der Waals surface area contributed by atoms with Crippen molar-refractivity contribution in [2.75, 3.05) is 10.8 Å². The molecule has 1 aromatic heterocycles. The standard InChI is InChI=1S/C10H11N5O2/c1-6-4-2-3-5-7(6)15(16)10(12)8-9(11)14-17-13-8/h2-5,12,16H,1H3,(H2,11,14). The van der Waals surface area contributed by atoms with Gasteiger partial charge in [0, 0.05) is 0 Å². The molecule has 4 N–H and O–H groups in total. The van der Waals surface area contributed by atoms with E-state index in [-0.39, 0.29) is 17.3 Å². The van der Waals surface area contributed by atoms with Gasteiger partial charge < -0.3 is 5.73 Å². The molecule has 0 aliphatic carbocycles. The minimum absolute atomic E-state index is 0.00393. The molecule has 0 aliphatic rings. The molecule has 0 radical (unpaired) electrons. The Hall–Kier alpha value is -2.41. The van der Waals surface area contributed by atoms with E-state index in [0.29, 0.717) is 10.8 Å². The van der Waals surface area contributed by atoms with Gasteiger partial charge in [0.15, 0.2) is 17.3 Å². The van der Waals surface area contributed by atoms with Gasteiger partial charge in [-0.2, -0.15) is 0 Å². The largest absolute Gasteiger partial charge is 0.379 e. The van der Waals surface area contributed by atoms with Crippen LogP contribution in [0.1, 0.15) is 11.3 Å². The van der Waals surface area contributed by atoms with E-state index in [1.54, 1.807) is 12.1 Å². The summed E-state index contributed by atoms with van der Waals surface area (Å²) in [7, 11) is 0. The predicted octanol–water partition coefficient (Wildman–Crippen LogP) is 1.18. The van der Waals surface area contributed by atoms with Crippen molar-refractivity contribution in [2.45, 2.75) is 6.92 Å². The Balaban J connectivity index is 2.33. The van der Waals surface area contributed by atoms with Crippen molar-refractivity contribution in [1.29, 1.82) is 5.41 Å². The number of hydrogen-bond donors (Lipinski definition) is 3. The van der Waals surface area contributed by atoms with Crippen LogP contribution in [-0.2, 0) is 0 Å².